The Kier molecular flexibility index (Phi) is 14.0. The summed E-state index contributed by atoms with van der Waals surface area (Å²) in [6.07, 6.45) is 5.94. The van der Waals surface area contributed by atoms with Crippen LogP contribution in [0.15, 0.2) is 47.1 Å². The highest BCUT2D eigenvalue weighted by Gasteiger charge is 2.51. The Morgan fingerprint density at radius 2 is 1.82 bits per heavy atom. The number of aromatic hydroxyl groups is 1. The maximum Gasteiger partial charge on any atom is 0.324 e. The van der Waals surface area contributed by atoms with Crippen molar-refractivity contribution in [2.45, 2.75) is 142 Å². The van der Waals surface area contributed by atoms with E-state index in [4.69, 9.17) is 14.5 Å². The number of phenolic OH excluding ortho intramolecular Hbond substituents is 1. The van der Waals surface area contributed by atoms with Gasteiger partial charge in [0.15, 0.2) is 0 Å². The third-order valence-corrected chi connectivity index (χ3v) is 14.6. The van der Waals surface area contributed by atoms with E-state index in [2.05, 4.69) is 53.5 Å². The van der Waals surface area contributed by atoms with Crippen molar-refractivity contribution in [3.8, 4) is 16.9 Å². The minimum absolute atomic E-state index is 0.00396. The fraction of sp³-hybridized carbons (Fsp3) is 0.577. The molecule has 0 radical (unpaired) electrons. The average Bonchev–Trinajstić information content (AvgIpc) is 4.03. The summed E-state index contributed by atoms with van der Waals surface area (Å²) in [6, 6.07) is 8.27. The number of aryl methyl sites for hydroxylation is 1. The first kappa shape index (κ1) is 48.9. The summed E-state index contributed by atoms with van der Waals surface area (Å²) >= 11 is 0. The Morgan fingerprint density at radius 1 is 1.06 bits per heavy atom. The predicted molar refractivity (Wildman–Crippen MR) is 260 cm³/mol. The summed E-state index contributed by atoms with van der Waals surface area (Å²) in [4.78, 5) is 79.3. The number of nitrogens with one attached hydrogen (secondary N) is 3. The zero-order chi connectivity index (χ0) is 48.8. The van der Waals surface area contributed by atoms with Gasteiger partial charge in [-0.3, -0.25) is 34.0 Å². The molecule has 0 unspecified atom stereocenters. The number of carbonyl (C=O) groups excluding carboxylic acids is 5. The van der Waals surface area contributed by atoms with Crippen LogP contribution in [0.1, 0.15) is 104 Å². The van der Waals surface area contributed by atoms with E-state index in [-0.39, 0.29) is 55.2 Å². The van der Waals surface area contributed by atoms with E-state index >= 15 is 0 Å². The maximum absolute atomic E-state index is 14.8. The van der Waals surface area contributed by atoms with Crippen LogP contribution in [0.5, 0.6) is 5.75 Å². The van der Waals surface area contributed by atoms with E-state index in [1.165, 1.54) is 9.91 Å². The van der Waals surface area contributed by atoms with Crippen LogP contribution in [0.2, 0.25) is 0 Å². The molecule has 6 bridgehead atoms. The molecule has 0 aliphatic carbocycles. The number of amides is 4. The lowest BCUT2D eigenvalue weighted by Gasteiger charge is -2.41. The Balaban J connectivity index is 1.20. The van der Waals surface area contributed by atoms with Gasteiger partial charge in [-0.05, 0) is 118 Å². The number of cyclic esters (lactones) is 1. The second-order valence-electron chi connectivity index (χ2n) is 20.7. The highest BCUT2D eigenvalue weighted by atomic mass is 16.5. The summed E-state index contributed by atoms with van der Waals surface area (Å²) in [5.74, 6) is -2.32. The number of hydrogen-bond acceptors (Lipinski definition) is 11. The number of rotatable bonds is 10. The van der Waals surface area contributed by atoms with E-state index in [0.29, 0.717) is 57.3 Å². The number of carbonyl (C=O) groups is 5. The molecule has 0 saturated carbocycles. The van der Waals surface area contributed by atoms with Gasteiger partial charge in [-0.15, -0.1) is 0 Å². The summed E-state index contributed by atoms with van der Waals surface area (Å²) in [6.45, 7) is 15.9. The molecule has 8 rings (SSSR count). The predicted octanol–water partition coefficient (Wildman–Crippen LogP) is 5.13. The maximum atomic E-state index is 14.8. The first-order valence-corrected chi connectivity index (χ1v) is 24.5. The van der Waals surface area contributed by atoms with Gasteiger partial charge in [-0.2, -0.15) is 0 Å². The van der Waals surface area contributed by atoms with Gasteiger partial charge < -0.3 is 39.6 Å². The van der Waals surface area contributed by atoms with Crippen molar-refractivity contribution in [1.29, 1.82) is 0 Å². The second-order valence-corrected chi connectivity index (χ2v) is 20.7. The first-order chi connectivity index (χ1) is 32.3. The Bertz CT molecular complexity index is 2540. The largest absolute Gasteiger partial charge is 0.508 e. The average molecular weight is 935 g/mol. The molecule has 5 aliphatic heterocycles. The zero-order valence-corrected chi connectivity index (χ0v) is 41.2. The number of methoxy groups -OCH3 is 1. The normalized spacial score (nSPS) is 25.0. The van der Waals surface area contributed by atoms with Gasteiger partial charge >= 0.3 is 5.97 Å². The van der Waals surface area contributed by atoms with E-state index in [9.17, 15) is 29.1 Å². The van der Waals surface area contributed by atoms with Crippen LogP contribution in [-0.4, -0.2) is 137 Å². The molecule has 4 amide bonds. The number of allylic oxidation sites excluding steroid dienone is 1. The van der Waals surface area contributed by atoms with Gasteiger partial charge in [-0.1, -0.05) is 39.8 Å². The molecule has 1 aromatic heterocycles. The minimum Gasteiger partial charge on any atom is -0.508 e. The van der Waals surface area contributed by atoms with Crippen LogP contribution in [0.25, 0.3) is 27.6 Å². The van der Waals surface area contributed by atoms with Crippen molar-refractivity contribution in [3.05, 3.63) is 58.9 Å². The Labute approximate surface area is 399 Å². The fourth-order valence-electron chi connectivity index (χ4n) is 11.0. The van der Waals surface area contributed by atoms with E-state index in [1.807, 2.05) is 39.1 Å². The molecule has 16 heteroatoms. The Hall–Kier alpha value is -5.58. The number of benzene rings is 2. The third kappa shape index (κ3) is 9.55. The highest BCUT2D eigenvalue weighted by molar-refractivity contribution is 5.98. The van der Waals surface area contributed by atoms with Crippen molar-refractivity contribution in [1.82, 2.24) is 35.4 Å². The number of ether oxygens (including phenoxy) is 2. The monoisotopic (exact) mass is 935 g/mol. The number of aromatic nitrogens is 1. The SMILES string of the molecule is CCn1c(C2=C([C@H](C)OC)N=CCC2)c2c3cc(ccc31)-c1cc(O)cc(c1)C[C@H](NC(=O)[C@H](C(C)C)N(C)C(=O)[C@@]1(C)CCCN1C(=O)[C@H]1CN1)C(=O)N1CCC[C@H](N1)C(=O)OCC(C)(C)C2. The lowest BCUT2D eigenvalue weighted by atomic mass is 9.83. The molecule has 0 spiro atoms. The Morgan fingerprint density at radius 3 is 2.53 bits per heavy atom. The lowest BCUT2D eigenvalue weighted by Crippen LogP contribution is -2.64. The van der Waals surface area contributed by atoms with Crippen molar-refractivity contribution >= 4 is 52.3 Å². The lowest BCUT2D eigenvalue weighted by molar-refractivity contribution is -0.156. The van der Waals surface area contributed by atoms with Gasteiger partial charge in [0.25, 0.3) is 5.91 Å². The molecule has 3 saturated heterocycles. The number of hydrazine groups is 1. The number of likely N-dealkylation sites (tertiary alicyclic amines) is 1. The number of likely N-dealkylation sites (N-methyl/N-ethyl adjacent to an activating group) is 1. The molecule has 2 aromatic carbocycles. The third-order valence-electron chi connectivity index (χ3n) is 14.6. The topological polar surface area (TPSA) is 197 Å². The quantitative estimate of drug-likeness (QED) is 0.156. The number of esters is 1. The zero-order valence-electron chi connectivity index (χ0n) is 41.2. The molecular weight excluding hydrogens is 865 g/mol. The van der Waals surface area contributed by atoms with Crippen molar-refractivity contribution in [2.24, 2.45) is 16.3 Å². The highest BCUT2D eigenvalue weighted by Crippen LogP contribution is 2.42. The number of aliphatic imine (C=N–C) groups is 1. The van der Waals surface area contributed by atoms with Gasteiger partial charge in [0, 0.05) is 74.9 Å². The standard InChI is InChI=1S/C52H70N8O8/c1-10-58-42-17-16-33-26-37(42)38(45(58)36-14-11-19-53-43(36)31(4)67-9)27-51(5,6)29-68-49(65)39-15-12-21-60(56-39)48(64)40(24-32-22-34(33)25-35(61)23-32)55-46(62)44(30(2)3)57(8)50(66)52(7)18-13-20-59(52)47(63)41-28-54-41/h16-17,19,22-23,25-26,30-31,39-41,44,54,56,61H,10-15,18,20-21,24,27-29H2,1-9H3,(H,55,62)/t31-,39-,40-,41+,44-,52+/m0/s1. The van der Waals surface area contributed by atoms with Crippen molar-refractivity contribution in [3.63, 3.8) is 0 Å². The smallest absolute Gasteiger partial charge is 0.324 e. The van der Waals surface area contributed by atoms with E-state index < -0.39 is 46.9 Å². The number of phenols is 1. The molecule has 68 heavy (non-hydrogen) atoms. The number of nitrogens with zero attached hydrogens (tertiary/aromatic N) is 5. The number of hydrogen-bond donors (Lipinski definition) is 4. The van der Waals surface area contributed by atoms with Crippen LogP contribution < -0.4 is 16.1 Å². The molecule has 366 valence electrons. The first-order valence-electron chi connectivity index (χ1n) is 24.5. The van der Waals surface area contributed by atoms with Crippen LogP contribution in [-0.2, 0) is 52.8 Å². The van der Waals surface area contributed by atoms with Crippen LogP contribution in [0.3, 0.4) is 0 Å². The molecule has 3 fully saturated rings. The summed E-state index contributed by atoms with van der Waals surface area (Å²) in [5.41, 5.74) is 8.91. The van der Waals surface area contributed by atoms with Crippen LogP contribution in [0, 0.1) is 11.3 Å². The summed E-state index contributed by atoms with van der Waals surface area (Å²) in [5, 5.41) is 19.9. The van der Waals surface area contributed by atoms with Gasteiger partial charge in [0.1, 0.15) is 29.4 Å². The van der Waals surface area contributed by atoms with Crippen molar-refractivity contribution < 1.29 is 38.6 Å². The fourth-order valence-corrected chi connectivity index (χ4v) is 11.0. The van der Waals surface area contributed by atoms with Gasteiger partial charge in [-0.25, -0.2) is 5.43 Å². The van der Waals surface area contributed by atoms with Gasteiger partial charge in [0.05, 0.1) is 30.1 Å². The van der Waals surface area contributed by atoms with Crippen molar-refractivity contribution in [2.75, 3.05) is 40.4 Å². The van der Waals surface area contributed by atoms with E-state index in [1.54, 1.807) is 38.1 Å². The molecule has 5 aliphatic rings. The second kappa shape index (κ2) is 19.4. The molecule has 6 atom stereocenters. The molecule has 16 nitrogen and oxygen atoms in total. The summed E-state index contributed by atoms with van der Waals surface area (Å²) in [7, 11) is 3.28. The minimum atomic E-state index is -1.17. The number of fused-ring (bicyclic) bond motifs is 6. The van der Waals surface area contributed by atoms with E-state index in [0.717, 1.165) is 57.4 Å². The van der Waals surface area contributed by atoms with Crippen LogP contribution >= 0.6 is 0 Å². The van der Waals surface area contributed by atoms with Crippen LogP contribution in [0.4, 0.5) is 0 Å². The van der Waals surface area contributed by atoms with Gasteiger partial charge in [0.2, 0.25) is 17.7 Å². The molecule has 6 heterocycles. The summed E-state index contributed by atoms with van der Waals surface area (Å²) < 4.78 is 14.3. The molecule has 4 N–H and O–H groups in total. The molecule has 3 aromatic rings. The molecular formula is C52H70N8O8.